The molecule has 14 heteroatoms. The predicted octanol–water partition coefficient (Wildman–Crippen LogP) is 4.61. The van der Waals surface area contributed by atoms with Crippen LogP contribution in [0.25, 0.3) is 11.3 Å². The second-order valence-electron chi connectivity index (χ2n) is 7.03. The third-order valence-corrected chi connectivity index (χ3v) is 6.55. The average Bonchev–Trinajstić information content (AvgIpc) is 3.72. The number of nitrogens with zero attached hydrogens (tertiary/aromatic N) is 8. The number of aryl methyl sites for hydroxylation is 2. The van der Waals surface area contributed by atoms with Gasteiger partial charge in [-0.1, -0.05) is 11.8 Å². The van der Waals surface area contributed by atoms with Crippen LogP contribution in [-0.2, 0) is 19.4 Å². The summed E-state index contributed by atoms with van der Waals surface area (Å²) >= 11 is 8.30. The van der Waals surface area contributed by atoms with Crippen LogP contribution in [-0.4, -0.2) is 45.4 Å². The fourth-order valence-electron chi connectivity index (χ4n) is 3.06. The summed E-state index contributed by atoms with van der Waals surface area (Å²) in [5.74, 6) is 2.71. The summed E-state index contributed by atoms with van der Waals surface area (Å²) in [6.07, 6.45) is 13.7. The maximum Gasteiger partial charge on any atom is 0.178 e. The highest BCUT2D eigenvalue weighted by molar-refractivity contribution is 9.11. The molecule has 11 nitrogen and oxygen atoms in total. The normalized spacial score (nSPS) is 10.7. The van der Waals surface area contributed by atoms with Crippen LogP contribution in [0.4, 0.5) is 0 Å². The zero-order valence-electron chi connectivity index (χ0n) is 19.0. The third-order valence-electron chi connectivity index (χ3n) is 4.76. The maximum absolute atomic E-state index is 5.29. The van der Waals surface area contributed by atoms with Gasteiger partial charge in [0, 0.05) is 25.2 Å². The van der Waals surface area contributed by atoms with E-state index >= 15 is 0 Å². The molecule has 36 heavy (non-hydrogen) atoms. The standard InChI is InChI=1S/C11H9BrN4O.C6H5BrN4S.C5H7NO/c12-9-6-13-10(16-7-14-15-11(9)16)4-3-8-2-1-5-17-8;1-12-6-8-2-4(7)5-10-9-3-11(5)6;6-4-5-2-1-3-7-5/h1-2,5-7H,3-4H2;2-3H,1H3;1-3H,4,6H2. The van der Waals surface area contributed by atoms with Crippen LogP contribution in [0, 0.1) is 0 Å². The molecule has 0 atom stereocenters. The molecule has 6 heterocycles. The van der Waals surface area contributed by atoms with Crippen molar-refractivity contribution in [1.29, 1.82) is 0 Å². The fraction of sp³-hybridized carbons (Fsp3) is 0.182. The lowest BCUT2D eigenvalue weighted by Crippen LogP contribution is -2.02. The molecular formula is C22H21Br2N9O2S. The SMILES string of the molecule is Brc1cnc(CCc2ccco2)n2cnnc12.CSc1ncc(Br)c2nncn12.NCc1ccco1. The highest BCUT2D eigenvalue weighted by Gasteiger charge is 2.08. The smallest absolute Gasteiger partial charge is 0.178 e. The number of hydrogen-bond donors (Lipinski definition) is 1. The van der Waals surface area contributed by atoms with Gasteiger partial charge in [-0.3, -0.25) is 8.80 Å². The van der Waals surface area contributed by atoms with Gasteiger partial charge in [0.1, 0.15) is 30.0 Å². The fourth-order valence-corrected chi connectivity index (χ4v) is 4.30. The van der Waals surface area contributed by atoms with Crippen LogP contribution in [0.15, 0.2) is 84.8 Å². The van der Waals surface area contributed by atoms with Crippen molar-refractivity contribution in [2.45, 2.75) is 24.5 Å². The van der Waals surface area contributed by atoms with Crippen molar-refractivity contribution >= 4 is 54.9 Å². The second kappa shape index (κ2) is 12.8. The summed E-state index contributed by atoms with van der Waals surface area (Å²) in [6, 6.07) is 7.52. The molecule has 6 aromatic heterocycles. The first-order chi connectivity index (χ1) is 17.6. The Kier molecular flexibility index (Phi) is 9.22. The van der Waals surface area contributed by atoms with Crippen LogP contribution in [0.1, 0.15) is 17.3 Å². The Hall–Kier alpha value is -3.07. The molecule has 0 radical (unpaired) electrons. The summed E-state index contributed by atoms with van der Waals surface area (Å²) in [6.45, 7) is 0.493. The Morgan fingerprint density at radius 2 is 1.47 bits per heavy atom. The van der Waals surface area contributed by atoms with E-state index in [0.29, 0.717) is 6.54 Å². The summed E-state index contributed by atoms with van der Waals surface area (Å²) < 4.78 is 15.6. The zero-order chi connectivity index (χ0) is 25.3. The van der Waals surface area contributed by atoms with Crippen LogP contribution in [0.5, 0.6) is 0 Å². The Morgan fingerprint density at radius 3 is 2.06 bits per heavy atom. The Balaban J connectivity index is 0.000000139. The number of rotatable bonds is 5. The molecule has 0 fully saturated rings. The van der Waals surface area contributed by atoms with Gasteiger partial charge >= 0.3 is 0 Å². The average molecular weight is 635 g/mol. The number of fused-ring (bicyclic) bond motifs is 2. The first kappa shape index (κ1) is 26.0. The monoisotopic (exact) mass is 633 g/mol. The third kappa shape index (κ3) is 6.37. The highest BCUT2D eigenvalue weighted by Crippen LogP contribution is 2.19. The predicted molar refractivity (Wildman–Crippen MR) is 141 cm³/mol. The minimum Gasteiger partial charge on any atom is -0.469 e. The maximum atomic E-state index is 5.29. The van der Waals surface area contributed by atoms with Crippen molar-refractivity contribution in [1.82, 2.24) is 39.2 Å². The summed E-state index contributed by atoms with van der Waals surface area (Å²) in [5, 5.41) is 16.5. The Labute approximate surface area is 226 Å². The first-order valence-corrected chi connectivity index (χ1v) is 13.4. The molecule has 0 bridgehead atoms. The van der Waals surface area contributed by atoms with Crippen LogP contribution in [0.2, 0.25) is 0 Å². The van der Waals surface area contributed by atoms with Gasteiger partial charge in [0.05, 0.1) is 28.0 Å². The van der Waals surface area contributed by atoms with Gasteiger partial charge < -0.3 is 14.6 Å². The molecule has 186 valence electrons. The number of halogens is 2. The highest BCUT2D eigenvalue weighted by atomic mass is 79.9. The molecular weight excluding hydrogens is 614 g/mol. The molecule has 0 spiro atoms. The molecule has 0 saturated carbocycles. The van der Waals surface area contributed by atoms with Gasteiger partial charge in [-0.25, -0.2) is 9.97 Å². The van der Waals surface area contributed by atoms with Gasteiger partial charge in [-0.05, 0) is 62.4 Å². The van der Waals surface area contributed by atoms with E-state index in [1.54, 1.807) is 49.3 Å². The number of thioether (sulfide) groups is 1. The van der Waals surface area contributed by atoms with Crippen molar-refractivity contribution in [3.05, 3.63) is 88.1 Å². The van der Waals surface area contributed by atoms with Crippen molar-refractivity contribution in [2.24, 2.45) is 5.73 Å². The summed E-state index contributed by atoms with van der Waals surface area (Å²) in [5.41, 5.74) is 6.79. The molecule has 2 N–H and O–H groups in total. The second-order valence-corrected chi connectivity index (χ2v) is 9.51. The zero-order valence-corrected chi connectivity index (χ0v) is 23.0. The van der Waals surface area contributed by atoms with Gasteiger partial charge in [0.2, 0.25) is 0 Å². The van der Waals surface area contributed by atoms with E-state index in [9.17, 15) is 0 Å². The van der Waals surface area contributed by atoms with Gasteiger partial charge in [-0.2, -0.15) is 0 Å². The molecule has 0 aromatic carbocycles. The molecule has 0 aliphatic carbocycles. The van der Waals surface area contributed by atoms with E-state index in [-0.39, 0.29) is 0 Å². The lowest BCUT2D eigenvalue weighted by atomic mass is 10.2. The van der Waals surface area contributed by atoms with E-state index in [1.807, 2.05) is 39.3 Å². The van der Waals surface area contributed by atoms with E-state index in [4.69, 9.17) is 14.6 Å². The largest absolute Gasteiger partial charge is 0.469 e. The molecule has 6 rings (SSSR count). The van der Waals surface area contributed by atoms with Gasteiger partial charge in [-0.15, -0.1) is 20.4 Å². The van der Waals surface area contributed by atoms with E-state index in [0.717, 1.165) is 55.6 Å². The van der Waals surface area contributed by atoms with Crippen LogP contribution in [0.3, 0.4) is 0 Å². The lowest BCUT2D eigenvalue weighted by Gasteiger charge is -2.03. The van der Waals surface area contributed by atoms with Crippen molar-refractivity contribution in [3.63, 3.8) is 0 Å². The summed E-state index contributed by atoms with van der Waals surface area (Å²) in [4.78, 5) is 8.57. The molecule has 6 aromatic rings. The van der Waals surface area contributed by atoms with Crippen LogP contribution >= 0.6 is 43.6 Å². The minimum atomic E-state index is 0.493. The molecule has 0 aliphatic heterocycles. The quantitative estimate of drug-likeness (QED) is 0.211. The van der Waals surface area contributed by atoms with E-state index < -0.39 is 0 Å². The van der Waals surface area contributed by atoms with Gasteiger partial charge in [0.25, 0.3) is 0 Å². The summed E-state index contributed by atoms with van der Waals surface area (Å²) in [7, 11) is 0. The Bertz CT molecular complexity index is 1500. The first-order valence-electron chi connectivity index (χ1n) is 10.6. The van der Waals surface area contributed by atoms with Crippen molar-refractivity contribution < 1.29 is 8.83 Å². The number of hydrogen-bond acceptors (Lipinski definition) is 10. The molecule has 0 amide bonds. The number of aromatic nitrogens is 8. The molecule has 0 unspecified atom stereocenters. The lowest BCUT2D eigenvalue weighted by molar-refractivity contribution is 0.506. The van der Waals surface area contributed by atoms with E-state index in [2.05, 4.69) is 62.2 Å². The van der Waals surface area contributed by atoms with Crippen LogP contribution < -0.4 is 5.73 Å². The Morgan fingerprint density at radius 1 is 0.861 bits per heavy atom. The topological polar surface area (TPSA) is 138 Å². The molecule has 0 saturated heterocycles. The van der Waals surface area contributed by atoms with E-state index in [1.165, 1.54) is 0 Å². The van der Waals surface area contributed by atoms with Crippen molar-refractivity contribution in [2.75, 3.05) is 6.26 Å². The number of furan rings is 2. The van der Waals surface area contributed by atoms with Crippen molar-refractivity contribution in [3.8, 4) is 0 Å². The van der Waals surface area contributed by atoms with Gasteiger partial charge in [0.15, 0.2) is 16.5 Å². The minimum absolute atomic E-state index is 0.493. The molecule has 0 aliphatic rings. The number of nitrogens with two attached hydrogens (primary N) is 1.